The SMILES string of the molecule is FC(F)(F)CNCC(c1ccccc1)c1ccccc1. The molecule has 0 bridgehead atoms. The van der Waals surface area contributed by atoms with Crippen LogP contribution in [-0.4, -0.2) is 19.3 Å². The Morgan fingerprint density at radius 1 is 0.800 bits per heavy atom. The first kappa shape index (κ1) is 14.6. The lowest BCUT2D eigenvalue weighted by Gasteiger charge is -2.19. The number of alkyl halides is 3. The number of rotatable bonds is 5. The Morgan fingerprint density at radius 2 is 1.25 bits per heavy atom. The fraction of sp³-hybridized carbons (Fsp3) is 0.250. The third-order valence-electron chi connectivity index (χ3n) is 3.08. The quantitative estimate of drug-likeness (QED) is 0.873. The van der Waals surface area contributed by atoms with Gasteiger partial charge in [0.05, 0.1) is 6.54 Å². The van der Waals surface area contributed by atoms with E-state index in [9.17, 15) is 13.2 Å². The van der Waals surface area contributed by atoms with E-state index in [4.69, 9.17) is 0 Å². The minimum Gasteiger partial charge on any atom is -0.308 e. The van der Waals surface area contributed by atoms with Gasteiger partial charge in [0.25, 0.3) is 0 Å². The van der Waals surface area contributed by atoms with Crippen molar-refractivity contribution >= 4 is 0 Å². The lowest BCUT2D eigenvalue weighted by atomic mass is 9.91. The standard InChI is InChI=1S/C16H16F3N/c17-16(18,19)12-20-11-15(13-7-3-1-4-8-13)14-9-5-2-6-10-14/h1-10,15,20H,11-12H2. The molecule has 0 aromatic heterocycles. The second-order valence-corrected chi connectivity index (χ2v) is 4.62. The van der Waals surface area contributed by atoms with Crippen molar-refractivity contribution in [2.24, 2.45) is 0 Å². The monoisotopic (exact) mass is 279 g/mol. The molecule has 20 heavy (non-hydrogen) atoms. The molecule has 0 amide bonds. The summed E-state index contributed by atoms with van der Waals surface area (Å²) < 4.78 is 36.7. The predicted octanol–water partition coefficient (Wildman–Crippen LogP) is 3.97. The van der Waals surface area contributed by atoms with Crippen molar-refractivity contribution in [3.05, 3.63) is 71.8 Å². The van der Waals surface area contributed by atoms with Crippen LogP contribution in [-0.2, 0) is 0 Å². The van der Waals surface area contributed by atoms with Crippen LogP contribution < -0.4 is 5.32 Å². The molecular weight excluding hydrogens is 263 g/mol. The molecule has 0 spiro atoms. The van der Waals surface area contributed by atoms with Gasteiger partial charge >= 0.3 is 6.18 Å². The molecule has 0 aliphatic carbocycles. The third-order valence-corrected chi connectivity index (χ3v) is 3.08. The highest BCUT2D eigenvalue weighted by Crippen LogP contribution is 2.24. The Morgan fingerprint density at radius 3 is 1.65 bits per heavy atom. The van der Waals surface area contributed by atoms with E-state index in [1.165, 1.54) is 0 Å². The summed E-state index contributed by atoms with van der Waals surface area (Å²) in [7, 11) is 0. The van der Waals surface area contributed by atoms with Crippen molar-refractivity contribution in [2.45, 2.75) is 12.1 Å². The Bertz CT molecular complexity index is 469. The van der Waals surface area contributed by atoms with Crippen LogP contribution in [0.1, 0.15) is 17.0 Å². The van der Waals surface area contributed by atoms with Gasteiger partial charge in [-0.15, -0.1) is 0 Å². The van der Waals surface area contributed by atoms with Gasteiger partial charge in [0.2, 0.25) is 0 Å². The zero-order valence-corrected chi connectivity index (χ0v) is 10.9. The average molecular weight is 279 g/mol. The van der Waals surface area contributed by atoms with Gasteiger partial charge in [-0.2, -0.15) is 13.2 Å². The van der Waals surface area contributed by atoms with E-state index in [0.29, 0.717) is 0 Å². The number of hydrogen-bond donors (Lipinski definition) is 1. The van der Waals surface area contributed by atoms with Gasteiger partial charge in [0.1, 0.15) is 0 Å². The van der Waals surface area contributed by atoms with E-state index in [1.807, 2.05) is 60.7 Å². The molecule has 1 N–H and O–H groups in total. The van der Waals surface area contributed by atoms with E-state index in [0.717, 1.165) is 11.1 Å². The van der Waals surface area contributed by atoms with Crippen LogP contribution in [0.25, 0.3) is 0 Å². The largest absolute Gasteiger partial charge is 0.401 e. The Labute approximate surface area is 116 Å². The molecule has 1 nitrogen and oxygen atoms in total. The number of halogens is 3. The van der Waals surface area contributed by atoms with Crippen LogP contribution in [0.2, 0.25) is 0 Å². The zero-order valence-electron chi connectivity index (χ0n) is 10.9. The maximum absolute atomic E-state index is 12.2. The molecule has 0 heterocycles. The van der Waals surface area contributed by atoms with E-state index in [1.54, 1.807) is 0 Å². The van der Waals surface area contributed by atoms with Gasteiger partial charge in [-0.3, -0.25) is 0 Å². The smallest absolute Gasteiger partial charge is 0.308 e. The van der Waals surface area contributed by atoms with E-state index in [2.05, 4.69) is 5.32 Å². The first-order valence-corrected chi connectivity index (χ1v) is 6.43. The van der Waals surface area contributed by atoms with E-state index >= 15 is 0 Å². The topological polar surface area (TPSA) is 12.0 Å². The highest BCUT2D eigenvalue weighted by atomic mass is 19.4. The maximum atomic E-state index is 12.2. The molecule has 106 valence electrons. The predicted molar refractivity (Wildman–Crippen MR) is 73.7 cm³/mol. The molecule has 0 unspecified atom stereocenters. The average Bonchev–Trinajstić information content (AvgIpc) is 2.44. The number of nitrogens with one attached hydrogen (secondary N) is 1. The van der Waals surface area contributed by atoms with Gasteiger partial charge in [-0.1, -0.05) is 60.7 Å². The molecule has 0 aliphatic heterocycles. The highest BCUT2D eigenvalue weighted by Gasteiger charge is 2.27. The second-order valence-electron chi connectivity index (χ2n) is 4.62. The van der Waals surface area contributed by atoms with Crippen molar-refractivity contribution in [3.63, 3.8) is 0 Å². The van der Waals surface area contributed by atoms with Crippen molar-refractivity contribution in [3.8, 4) is 0 Å². The van der Waals surface area contributed by atoms with Gasteiger partial charge in [0, 0.05) is 12.5 Å². The first-order chi connectivity index (χ1) is 9.56. The van der Waals surface area contributed by atoms with Crippen LogP contribution >= 0.6 is 0 Å². The molecule has 0 saturated heterocycles. The van der Waals surface area contributed by atoms with E-state index in [-0.39, 0.29) is 12.5 Å². The van der Waals surface area contributed by atoms with Crippen molar-refractivity contribution in [1.82, 2.24) is 5.32 Å². The molecule has 0 atom stereocenters. The van der Waals surface area contributed by atoms with Gasteiger partial charge in [-0.25, -0.2) is 0 Å². The van der Waals surface area contributed by atoms with Crippen molar-refractivity contribution in [2.75, 3.05) is 13.1 Å². The fourth-order valence-corrected chi connectivity index (χ4v) is 2.16. The minimum absolute atomic E-state index is 0.0836. The summed E-state index contributed by atoms with van der Waals surface area (Å²) >= 11 is 0. The third kappa shape index (κ3) is 4.38. The van der Waals surface area contributed by atoms with Gasteiger partial charge in [-0.05, 0) is 11.1 Å². The van der Waals surface area contributed by atoms with Gasteiger partial charge in [0.15, 0.2) is 0 Å². The number of hydrogen-bond acceptors (Lipinski definition) is 1. The molecule has 2 rings (SSSR count). The zero-order chi connectivity index (χ0) is 14.4. The van der Waals surface area contributed by atoms with Crippen molar-refractivity contribution in [1.29, 1.82) is 0 Å². The molecule has 2 aromatic carbocycles. The van der Waals surface area contributed by atoms with Crippen LogP contribution in [0.3, 0.4) is 0 Å². The second kappa shape index (κ2) is 6.57. The van der Waals surface area contributed by atoms with E-state index < -0.39 is 12.7 Å². The fourth-order valence-electron chi connectivity index (χ4n) is 2.16. The summed E-state index contributed by atoms with van der Waals surface area (Å²) in [5.41, 5.74) is 2.02. The molecule has 0 radical (unpaired) electrons. The molecule has 0 saturated carbocycles. The minimum atomic E-state index is -4.18. The normalized spacial score (nSPS) is 11.8. The van der Waals surface area contributed by atoms with Crippen LogP contribution in [0.5, 0.6) is 0 Å². The summed E-state index contributed by atoms with van der Waals surface area (Å²) in [5.74, 6) is -0.0836. The summed E-state index contributed by atoms with van der Waals surface area (Å²) in [6.07, 6.45) is -4.18. The molecule has 2 aromatic rings. The van der Waals surface area contributed by atoms with Gasteiger partial charge < -0.3 is 5.32 Å². The van der Waals surface area contributed by atoms with Crippen molar-refractivity contribution < 1.29 is 13.2 Å². The summed E-state index contributed by atoms with van der Waals surface area (Å²) in [4.78, 5) is 0. The lowest BCUT2D eigenvalue weighted by molar-refractivity contribution is -0.124. The lowest BCUT2D eigenvalue weighted by Crippen LogP contribution is -2.32. The molecular formula is C16H16F3N. The molecule has 0 aliphatic rings. The van der Waals surface area contributed by atoms with Crippen LogP contribution in [0.15, 0.2) is 60.7 Å². The Hall–Kier alpha value is -1.81. The Balaban J connectivity index is 2.13. The maximum Gasteiger partial charge on any atom is 0.401 e. The van der Waals surface area contributed by atoms with Crippen LogP contribution in [0, 0.1) is 0 Å². The summed E-state index contributed by atoms with van der Waals surface area (Å²) in [6.45, 7) is -0.712. The summed E-state index contributed by atoms with van der Waals surface area (Å²) in [6, 6.07) is 19.1. The first-order valence-electron chi connectivity index (χ1n) is 6.43. The molecule has 4 heteroatoms. The Kier molecular flexibility index (Phi) is 4.79. The summed E-state index contributed by atoms with van der Waals surface area (Å²) in [5, 5.41) is 2.50. The highest BCUT2D eigenvalue weighted by molar-refractivity contribution is 5.32. The number of benzene rings is 2. The van der Waals surface area contributed by atoms with Crippen LogP contribution in [0.4, 0.5) is 13.2 Å². The molecule has 0 fully saturated rings.